The zero-order chi connectivity index (χ0) is 27.6. The van der Waals surface area contributed by atoms with Gasteiger partial charge in [-0.1, -0.05) is 18.2 Å². The number of anilines is 1. The number of nitrogens with zero attached hydrogens (tertiary/aromatic N) is 4. The summed E-state index contributed by atoms with van der Waals surface area (Å²) in [4.78, 5) is 36.4. The lowest BCUT2D eigenvalue weighted by Gasteiger charge is -2.37. The summed E-state index contributed by atoms with van der Waals surface area (Å²) < 4.78 is 6.16. The lowest BCUT2D eigenvalue weighted by Crippen LogP contribution is -2.47. The maximum atomic E-state index is 13.1. The number of aromatic nitrogens is 1. The minimum Gasteiger partial charge on any atom is -0.489 e. The summed E-state index contributed by atoms with van der Waals surface area (Å²) in [7, 11) is 6.24. The fraction of sp³-hybridized carbons (Fsp3) is 0.500. The number of nitrogens with one attached hydrogen (secondary N) is 2. The lowest BCUT2D eigenvalue weighted by molar-refractivity contribution is -0.132. The highest BCUT2D eigenvalue weighted by molar-refractivity contribution is 5.79. The molecule has 2 atom stereocenters. The van der Waals surface area contributed by atoms with Crippen LogP contribution in [0.3, 0.4) is 0 Å². The molecule has 9 heteroatoms. The van der Waals surface area contributed by atoms with Crippen LogP contribution in [-0.2, 0) is 22.7 Å². The molecule has 210 valence electrons. The Morgan fingerprint density at radius 1 is 1.18 bits per heavy atom. The molecule has 2 bridgehead atoms. The second-order valence-corrected chi connectivity index (χ2v) is 10.7. The number of hydrogen-bond donors (Lipinski definition) is 2. The normalized spacial score (nSPS) is 20.6. The predicted molar refractivity (Wildman–Crippen MR) is 153 cm³/mol. The maximum absolute atomic E-state index is 13.1. The number of amides is 2. The fourth-order valence-corrected chi connectivity index (χ4v) is 5.08. The third-order valence-electron chi connectivity index (χ3n) is 7.48. The molecule has 39 heavy (non-hydrogen) atoms. The van der Waals surface area contributed by atoms with Crippen LogP contribution in [0.5, 0.6) is 5.75 Å². The highest BCUT2D eigenvalue weighted by Gasteiger charge is 2.31. The number of hydrogen-bond acceptors (Lipinski definition) is 7. The van der Waals surface area contributed by atoms with Crippen molar-refractivity contribution in [1.29, 1.82) is 0 Å². The van der Waals surface area contributed by atoms with Gasteiger partial charge in [-0.05, 0) is 62.7 Å². The molecule has 2 aromatic rings. The zero-order valence-electron chi connectivity index (χ0n) is 23.4. The number of carbonyl (C=O) groups is 2. The van der Waals surface area contributed by atoms with E-state index < -0.39 is 0 Å². The first-order valence-corrected chi connectivity index (χ1v) is 13.8. The van der Waals surface area contributed by atoms with Crippen molar-refractivity contribution in [2.75, 3.05) is 65.4 Å². The van der Waals surface area contributed by atoms with Crippen molar-refractivity contribution in [2.45, 2.75) is 25.9 Å². The maximum Gasteiger partial charge on any atom is 0.236 e. The largest absolute Gasteiger partial charge is 0.489 e. The van der Waals surface area contributed by atoms with E-state index in [1.54, 1.807) is 6.20 Å². The van der Waals surface area contributed by atoms with E-state index >= 15 is 0 Å². The molecule has 0 saturated carbocycles. The molecule has 0 spiro atoms. The lowest BCUT2D eigenvalue weighted by atomic mass is 9.82. The Bertz CT molecular complexity index is 1120. The van der Waals surface area contributed by atoms with Crippen molar-refractivity contribution < 1.29 is 14.3 Å². The van der Waals surface area contributed by atoms with Crippen LogP contribution in [0.4, 0.5) is 5.69 Å². The van der Waals surface area contributed by atoms with Gasteiger partial charge in [-0.3, -0.25) is 14.6 Å². The minimum atomic E-state index is 0.0138. The van der Waals surface area contributed by atoms with E-state index in [1.165, 1.54) is 0 Å². The third kappa shape index (κ3) is 8.53. The highest BCUT2D eigenvalue weighted by Crippen LogP contribution is 2.29. The molecular formula is C30H42N6O3. The van der Waals surface area contributed by atoms with Crippen LogP contribution in [0.1, 0.15) is 24.1 Å². The van der Waals surface area contributed by atoms with Crippen molar-refractivity contribution in [3.63, 3.8) is 0 Å². The van der Waals surface area contributed by atoms with Crippen LogP contribution in [0, 0.1) is 11.8 Å². The summed E-state index contributed by atoms with van der Waals surface area (Å²) in [5.74, 6) is 1.18. The molecule has 4 rings (SSSR count). The quantitative estimate of drug-likeness (QED) is 0.503. The molecule has 2 aliphatic rings. The summed E-state index contributed by atoms with van der Waals surface area (Å²) >= 11 is 0. The molecule has 2 N–H and O–H groups in total. The number of carbonyl (C=O) groups excluding carboxylic acids is 2. The predicted octanol–water partition coefficient (Wildman–Crippen LogP) is 2.29. The number of ether oxygens (including phenoxy) is 1. The molecule has 0 unspecified atom stereocenters. The van der Waals surface area contributed by atoms with Crippen LogP contribution >= 0.6 is 0 Å². The first kappa shape index (κ1) is 28.6. The van der Waals surface area contributed by atoms with E-state index in [9.17, 15) is 9.59 Å². The van der Waals surface area contributed by atoms with Crippen molar-refractivity contribution >= 4 is 17.5 Å². The average Bonchev–Trinajstić information content (AvgIpc) is 2.95. The standard InChI is InChI=1S/C30H42N6O3/c1-34(2)14-15-35(3)27-9-10-28-25(17-27)19-31-21-30(38)36-13-11-23(24(22-36)7-6-16-39-28)18-29(37)33-20-26-8-4-5-12-32-26/h4-10,12,17,23-24,31H,11,13-16,18-22H2,1-3H3,(H,33,37)/b7-6+/t23-,24-/m0/s1. The molecule has 2 amide bonds. The van der Waals surface area contributed by atoms with Gasteiger partial charge in [-0.15, -0.1) is 0 Å². The van der Waals surface area contributed by atoms with Crippen LogP contribution in [0.2, 0.25) is 0 Å². The molecule has 1 aromatic heterocycles. The van der Waals surface area contributed by atoms with Crippen molar-refractivity contribution in [3.8, 4) is 5.75 Å². The SMILES string of the molecule is CN(C)CCN(C)c1ccc2c(c1)CNCC(=O)N1CC[C@@H](CC(=O)NCc3ccccn3)[C@@H](/C=C/CO2)C1. The van der Waals surface area contributed by atoms with Crippen LogP contribution in [0.15, 0.2) is 54.7 Å². The highest BCUT2D eigenvalue weighted by atomic mass is 16.5. The van der Waals surface area contributed by atoms with Gasteiger partial charge in [0.1, 0.15) is 12.4 Å². The zero-order valence-corrected chi connectivity index (χ0v) is 23.4. The summed E-state index contributed by atoms with van der Waals surface area (Å²) in [5, 5.41) is 6.33. The number of rotatable bonds is 8. The van der Waals surface area contributed by atoms with Gasteiger partial charge in [0.2, 0.25) is 11.8 Å². The molecule has 9 nitrogen and oxygen atoms in total. The van der Waals surface area contributed by atoms with Crippen molar-refractivity contribution in [1.82, 2.24) is 25.4 Å². The number of benzene rings is 1. The summed E-state index contributed by atoms with van der Waals surface area (Å²) in [5.41, 5.74) is 2.99. The third-order valence-corrected chi connectivity index (χ3v) is 7.48. The van der Waals surface area contributed by atoms with Gasteiger partial charge in [-0.25, -0.2) is 0 Å². The number of fused-ring (bicyclic) bond motifs is 3. The van der Waals surface area contributed by atoms with Gasteiger partial charge in [0, 0.05) is 63.6 Å². The summed E-state index contributed by atoms with van der Waals surface area (Å²) in [6.07, 6.45) is 7.11. The Balaban J connectivity index is 1.41. The Hall–Kier alpha value is -3.43. The van der Waals surface area contributed by atoms with Gasteiger partial charge in [0.25, 0.3) is 0 Å². The van der Waals surface area contributed by atoms with Gasteiger partial charge < -0.3 is 30.1 Å². The molecular weight excluding hydrogens is 492 g/mol. The molecule has 3 heterocycles. The van der Waals surface area contributed by atoms with E-state index in [1.807, 2.05) is 35.2 Å². The molecule has 0 aliphatic carbocycles. The second-order valence-electron chi connectivity index (χ2n) is 10.7. The van der Waals surface area contributed by atoms with Gasteiger partial charge >= 0.3 is 0 Å². The van der Waals surface area contributed by atoms with E-state index in [0.717, 1.165) is 42.2 Å². The number of likely N-dealkylation sites (N-methyl/N-ethyl adjacent to an activating group) is 2. The number of pyridine rings is 1. The Morgan fingerprint density at radius 3 is 2.85 bits per heavy atom. The number of piperidine rings is 1. The Morgan fingerprint density at radius 2 is 2.05 bits per heavy atom. The first-order chi connectivity index (χ1) is 18.9. The molecule has 1 saturated heterocycles. The van der Waals surface area contributed by atoms with Gasteiger partial charge in [0.15, 0.2) is 0 Å². The Labute approximate surface area is 232 Å². The first-order valence-electron chi connectivity index (χ1n) is 13.8. The van der Waals surface area contributed by atoms with E-state index in [2.05, 4.69) is 64.8 Å². The van der Waals surface area contributed by atoms with Crippen LogP contribution in [-0.4, -0.2) is 87.1 Å². The summed E-state index contributed by atoms with van der Waals surface area (Å²) in [6.45, 7) is 4.84. The minimum absolute atomic E-state index is 0.0138. The van der Waals surface area contributed by atoms with Crippen molar-refractivity contribution in [3.05, 3.63) is 66.0 Å². The van der Waals surface area contributed by atoms with E-state index in [4.69, 9.17) is 4.74 Å². The molecule has 2 aliphatic heterocycles. The van der Waals surface area contributed by atoms with E-state index in [-0.39, 0.29) is 30.2 Å². The van der Waals surface area contributed by atoms with Crippen LogP contribution < -0.4 is 20.3 Å². The molecule has 0 radical (unpaired) electrons. The average molecular weight is 535 g/mol. The molecule has 1 fully saturated rings. The van der Waals surface area contributed by atoms with Crippen LogP contribution in [0.25, 0.3) is 0 Å². The summed E-state index contributed by atoms with van der Waals surface area (Å²) in [6, 6.07) is 11.9. The van der Waals surface area contributed by atoms with Crippen molar-refractivity contribution in [2.24, 2.45) is 11.8 Å². The fourth-order valence-electron chi connectivity index (χ4n) is 5.08. The van der Waals surface area contributed by atoms with Gasteiger partial charge in [0.05, 0.1) is 18.8 Å². The van der Waals surface area contributed by atoms with E-state index in [0.29, 0.717) is 39.2 Å². The van der Waals surface area contributed by atoms with Gasteiger partial charge in [-0.2, -0.15) is 0 Å². The topological polar surface area (TPSA) is 90.0 Å². The smallest absolute Gasteiger partial charge is 0.236 e. The Kier molecular flexibility index (Phi) is 10.3. The second kappa shape index (κ2) is 14.1. The molecule has 1 aromatic carbocycles. The monoisotopic (exact) mass is 534 g/mol.